The van der Waals surface area contributed by atoms with Crippen LogP contribution in [0.4, 0.5) is 0 Å². The topological polar surface area (TPSA) is 9.23 Å². The maximum absolute atomic E-state index is 5.51. The van der Waals surface area contributed by atoms with E-state index in [0.717, 1.165) is 25.6 Å². The van der Waals surface area contributed by atoms with Crippen molar-refractivity contribution in [1.29, 1.82) is 0 Å². The summed E-state index contributed by atoms with van der Waals surface area (Å²) >= 11 is 0. The summed E-state index contributed by atoms with van der Waals surface area (Å²) in [5.74, 6) is 0.893. The first-order valence-corrected chi connectivity index (χ1v) is 10.8. The summed E-state index contributed by atoms with van der Waals surface area (Å²) in [5.41, 5.74) is 0. The van der Waals surface area contributed by atoms with Crippen LogP contribution in [0.1, 0.15) is 124 Å². The number of ether oxygens (including phenoxy) is 1. The van der Waals surface area contributed by atoms with Gasteiger partial charge in [0.05, 0.1) is 0 Å². The van der Waals surface area contributed by atoms with E-state index in [1.807, 2.05) is 0 Å². The Morgan fingerprint density at radius 3 is 1.30 bits per heavy atom. The van der Waals surface area contributed by atoms with Gasteiger partial charge in [-0.2, -0.15) is 0 Å². The van der Waals surface area contributed by atoms with E-state index >= 15 is 0 Å². The molecule has 0 aromatic rings. The van der Waals surface area contributed by atoms with Crippen LogP contribution in [0.5, 0.6) is 0 Å². The fourth-order valence-electron chi connectivity index (χ4n) is 3.12. The highest BCUT2D eigenvalue weighted by molar-refractivity contribution is 4.51. The Labute approximate surface area is 148 Å². The predicted octanol–water partition coefficient (Wildman–Crippen LogP) is 7.92. The zero-order valence-electron chi connectivity index (χ0n) is 16.7. The Balaban J connectivity index is 2.95. The second-order valence-electron chi connectivity index (χ2n) is 7.74. The van der Waals surface area contributed by atoms with Crippen LogP contribution in [0.15, 0.2) is 0 Å². The summed E-state index contributed by atoms with van der Waals surface area (Å²) in [6.07, 6.45) is 22.7. The highest BCUT2D eigenvalue weighted by Gasteiger charge is 1.96. The molecule has 0 heterocycles. The van der Waals surface area contributed by atoms with E-state index in [4.69, 9.17) is 4.74 Å². The van der Waals surface area contributed by atoms with Crippen LogP contribution in [-0.4, -0.2) is 13.2 Å². The summed E-state index contributed by atoms with van der Waals surface area (Å²) in [7, 11) is 0. The van der Waals surface area contributed by atoms with Crippen molar-refractivity contribution in [3.8, 4) is 0 Å². The van der Waals surface area contributed by atoms with Crippen LogP contribution in [-0.2, 0) is 4.74 Å². The van der Waals surface area contributed by atoms with E-state index in [2.05, 4.69) is 20.8 Å². The lowest BCUT2D eigenvalue weighted by atomic mass is 10.0. The molecule has 0 atom stereocenters. The fraction of sp³-hybridized carbons (Fsp3) is 1.00. The highest BCUT2D eigenvalue weighted by Crippen LogP contribution is 2.14. The number of unbranched alkanes of at least 4 members (excludes halogenated alkanes) is 13. The van der Waals surface area contributed by atoms with Crippen LogP contribution >= 0.6 is 0 Å². The van der Waals surface area contributed by atoms with Gasteiger partial charge < -0.3 is 4.74 Å². The normalized spacial score (nSPS) is 11.5. The number of rotatable bonds is 19. The highest BCUT2D eigenvalue weighted by atomic mass is 16.5. The van der Waals surface area contributed by atoms with Gasteiger partial charge in [-0.15, -0.1) is 0 Å². The molecule has 0 aliphatic heterocycles. The smallest absolute Gasteiger partial charge is 0.0466 e. The molecule has 23 heavy (non-hydrogen) atoms. The van der Waals surface area contributed by atoms with Gasteiger partial charge >= 0.3 is 0 Å². The lowest BCUT2D eigenvalue weighted by Gasteiger charge is -2.05. The van der Waals surface area contributed by atoms with E-state index in [0.29, 0.717) is 0 Å². The minimum Gasteiger partial charge on any atom is -0.381 e. The molecule has 1 nitrogen and oxygen atoms in total. The average molecular weight is 327 g/mol. The van der Waals surface area contributed by atoms with Gasteiger partial charge in [0.15, 0.2) is 0 Å². The maximum atomic E-state index is 5.51. The first kappa shape index (κ1) is 23.0. The van der Waals surface area contributed by atoms with Gasteiger partial charge in [0, 0.05) is 13.2 Å². The molecule has 0 amide bonds. The van der Waals surface area contributed by atoms with Crippen LogP contribution in [0, 0.1) is 5.92 Å². The third kappa shape index (κ3) is 22.0. The van der Waals surface area contributed by atoms with Crippen molar-refractivity contribution in [2.45, 2.75) is 124 Å². The minimum atomic E-state index is 0.893. The quantitative estimate of drug-likeness (QED) is 0.219. The van der Waals surface area contributed by atoms with Crippen molar-refractivity contribution in [3.63, 3.8) is 0 Å². The summed E-state index contributed by atoms with van der Waals surface area (Å²) in [6.45, 7) is 8.77. The third-order valence-corrected chi connectivity index (χ3v) is 4.67. The van der Waals surface area contributed by atoms with E-state index < -0.39 is 0 Å². The molecule has 0 fully saturated rings. The molecule has 0 aromatic heterocycles. The van der Waals surface area contributed by atoms with Crippen molar-refractivity contribution < 1.29 is 4.74 Å². The SMILES string of the molecule is CCCOCCCCCCCCCCCCCCCCC(C)C. The molecule has 0 aromatic carbocycles. The number of hydrogen-bond acceptors (Lipinski definition) is 1. The summed E-state index contributed by atoms with van der Waals surface area (Å²) in [6, 6.07) is 0. The zero-order chi connectivity index (χ0) is 17.0. The lowest BCUT2D eigenvalue weighted by Crippen LogP contribution is -1.95. The summed E-state index contributed by atoms with van der Waals surface area (Å²) in [4.78, 5) is 0. The van der Waals surface area contributed by atoms with Crippen LogP contribution in [0.3, 0.4) is 0 Å². The molecule has 140 valence electrons. The molecule has 0 saturated heterocycles. The monoisotopic (exact) mass is 326 g/mol. The Kier molecular flexibility index (Phi) is 20.0. The van der Waals surface area contributed by atoms with Gasteiger partial charge in [-0.3, -0.25) is 0 Å². The first-order chi connectivity index (χ1) is 11.3. The van der Waals surface area contributed by atoms with Gasteiger partial charge in [0.1, 0.15) is 0 Å². The molecule has 0 N–H and O–H groups in total. The minimum absolute atomic E-state index is 0.893. The van der Waals surface area contributed by atoms with Gasteiger partial charge in [-0.25, -0.2) is 0 Å². The molecule has 0 bridgehead atoms. The van der Waals surface area contributed by atoms with Crippen LogP contribution in [0.2, 0.25) is 0 Å². The molecule has 1 heteroatoms. The van der Waals surface area contributed by atoms with Crippen LogP contribution < -0.4 is 0 Å². The molecule has 0 unspecified atom stereocenters. The average Bonchev–Trinajstić information content (AvgIpc) is 2.53. The van der Waals surface area contributed by atoms with Crippen molar-refractivity contribution in [2.75, 3.05) is 13.2 Å². The summed E-state index contributed by atoms with van der Waals surface area (Å²) in [5, 5.41) is 0. The Morgan fingerprint density at radius 2 is 0.913 bits per heavy atom. The molecular weight excluding hydrogens is 280 g/mol. The predicted molar refractivity (Wildman–Crippen MR) is 105 cm³/mol. The second-order valence-corrected chi connectivity index (χ2v) is 7.74. The van der Waals surface area contributed by atoms with Crippen molar-refractivity contribution >= 4 is 0 Å². The zero-order valence-corrected chi connectivity index (χ0v) is 16.7. The molecular formula is C22H46O. The molecule has 0 aliphatic rings. The standard InChI is InChI=1S/C22H46O/c1-4-20-23-21-18-16-14-12-10-8-6-5-7-9-11-13-15-17-19-22(2)3/h22H,4-21H2,1-3H3. The first-order valence-electron chi connectivity index (χ1n) is 10.8. The van der Waals surface area contributed by atoms with E-state index in [9.17, 15) is 0 Å². The van der Waals surface area contributed by atoms with Crippen LogP contribution in [0.25, 0.3) is 0 Å². The van der Waals surface area contributed by atoms with E-state index in [1.165, 1.54) is 96.3 Å². The van der Waals surface area contributed by atoms with Crippen molar-refractivity contribution in [3.05, 3.63) is 0 Å². The van der Waals surface area contributed by atoms with E-state index in [-0.39, 0.29) is 0 Å². The maximum Gasteiger partial charge on any atom is 0.0466 e. The largest absolute Gasteiger partial charge is 0.381 e. The number of hydrogen-bond donors (Lipinski definition) is 0. The lowest BCUT2D eigenvalue weighted by molar-refractivity contribution is 0.130. The molecule has 0 aliphatic carbocycles. The molecule has 0 spiro atoms. The Bertz CT molecular complexity index is 200. The second kappa shape index (κ2) is 20.0. The van der Waals surface area contributed by atoms with Gasteiger partial charge in [-0.1, -0.05) is 111 Å². The Hall–Kier alpha value is -0.0400. The Morgan fingerprint density at radius 1 is 0.522 bits per heavy atom. The van der Waals surface area contributed by atoms with Crippen molar-refractivity contribution in [1.82, 2.24) is 0 Å². The van der Waals surface area contributed by atoms with Gasteiger partial charge in [0.25, 0.3) is 0 Å². The summed E-state index contributed by atoms with van der Waals surface area (Å²) < 4.78 is 5.51. The molecule has 0 rings (SSSR count). The third-order valence-electron chi connectivity index (χ3n) is 4.67. The van der Waals surface area contributed by atoms with Crippen molar-refractivity contribution in [2.24, 2.45) is 5.92 Å². The van der Waals surface area contributed by atoms with Gasteiger partial charge in [-0.05, 0) is 18.8 Å². The van der Waals surface area contributed by atoms with Gasteiger partial charge in [0.2, 0.25) is 0 Å². The van der Waals surface area contributed by atoms with E-state index in [1.54, 1.807) is 0 Å². The molecule has 0 saturated carbocycles. The fourth-order valence-corrected chi connectivity index (χ4v) is 3.12. The molecule has 0 radical (unpaired) electrons.